The second-order valence-electron chi connectivity index (χ2n) is 5.05. The SMILES string of the molecule is C#CCOc1c(Cl)cc(/C=N\NC(=O)c2cc(C)oc2C)cc1OC. The molecule has 0 aliphatic heterocycles. The third-order valence-electron chi connectivity index (χ3n) is 3.22. The van der Waals surface area contributed by atoms with Gasteiger partial charge in [-0.25, -0.2) is 5.43 Å². The van der Waals surface area contributed by atoms with E-state index in [1.165, 1.54) is 13.3 Å². The molecule has 0 aliphatic rings. The number of halogens is 1. The summed E-state index contributed by atoms with van der Waals surface area (Å²) in [5.41, 5.74) is 3.49. The van der Waals surface area contributed by atoms with Crippen LogP contribution in [0.1, 0.15) is 27.4 Å². The van der Waals surface area contributed by atoms with Crippen LogP contribution in [0.25, 0.3) is 0 Å². The summed E-state index contributed by atoms with van der Waals surface area (Å²) in [5.74, 6) is 3.96. The molecule has 0 radical (unpaired) electrons. The lowest BCUT2D eigenvalue weighted by molar-refractivity contribution is 0.0953. The van der Waals surface area contributed by atoms with Crippen LogP contribution >= 0.6 is 11.6 Å². The molecule has 0 saturated carbocycles. The van der Waals surface area contributed by atoms with Gasteiger partial charge in [0.1, 0.15) is 18.1 Å². The van der Waals surface area contributed by atoms with Gasteiger partial charge in [0.15, 0.2) is 11.5 Å². The molecule has 1 aromatic carbocycles. The van der Waals surface area contributed by atoms with Crippen molar-refractivity contribution in [1.82, 2.24) is 5.43 Å². The average Bonchev–Trinajstić information content (AvgIpc) is 2.91. The summed E-state index contributed by atoms with van der Waals surface area (Å²) in [6.07, 6.45) is 6.62. The van der Waals surface area contributed by atoms with Gasteiger partial charge in [-0.2, -0.15) is 5.10 Å². The largest absolute Gasteiger partial charge is 0.493 e. The summed E-state index contributed by atoms with van der Waals surface area (Å²) in [6, 6.07) is 4.94. The maximum atomic E-state index is 12.1. The van der Waals surface area contributed by atoms with E-state index >= 15 is 0 Å². The van der Waals surface area contributed by atoms with Gasteiger partial charge >= 0.3 is 0 Å². The van der Waals surface area contributed by atoms with Crippen LogP contribution in [0.3, 0.4) is 0 Å². The third kappa shape index (κ3) is 4.55. The maximum absolute atomic E-state index is 12.1. The molecule has 1 aromatic heterocycles. The van der Waals surface area contributed by atoms with Crippen molar-refractivity contribution in [3.63, 3.8) is 0 Å². The highest BCUT2D eigenvalue weighted by molar-refractivity contribution is 6.32. The van der Waals surface area contributed by atoms with E-state index in [-0.39, 0.29) is 12.5 Å². The zero-order valence-electron chi connectivity index (χ0n) is 14.1. The molecule has 0 unspecified atom stereocenters. The summed E-state index contributed by atoms with van der Waals surface area (Å²) in [4.78, 5) is 12.1. The summed E-state index contributed by atoms with van der Waals surface area (Å²) >= 11 is 6.17. The Morgan fingerprint density at radius 1 is 1.44 bits per heavy atom. The molecule has 7 heteroatoms. The van der Waals surface area contributed by atoms with E-state index < -0.39 is 0 Å². The molecule has 0 fully saturated rings. The Morgan fingerprint density at radius 2 is 2.20 bits per heavy atom. The fourth-order valence-electron chi connectivity index (χ4n) is 2.15. The summed E-state index contributed by atoms with van der Waals surface area (Å²) in [5, 5.41) is 4.25. The lowest BCUT2D eigenvalue weighted by Crippen LogP contribution is -2.17. The fourth-order valence-corrected chi connectivity index (χ4v) is 2.42. The van der Waals surface area contributed by atoms with Crippen molar-refractivity contribution in [1.29, 1.82) is 0 Å². The van der Waals surface area contributed by atoms with Crippen LogP contribution in [-0.2, 0) is 0 Å². The van der Waals surface area contributed by atoms with Crippen LogP contribution in [-0.4, -0.2) is 25.8 Å². The number of methoxy groups -OCH3 is 1. The number of hydrogen-bond acceptors (Lipinski definition) is 5. The number of carbonyl (C=O) groups is 1. The maximum Gasteiger partial charge on any atom is 0.274 e. The number of rotatable bonds is 6. The number of benzene rings is 1. The summed E-state index contributed by atoms with van der Waals surface area (Å²) < 4.78 is 15.9. The first-order chi connectivity index (χ1) is 12.0. The van der Waals surface area contributed by atoms with Gasteiger partial charge < -0.3 is 13.9 Å². The van der Waals surface area contributed by atoms with Gasteiger partial charge in [0.2, 0.25) is 0 Å². The highest BCUT2D eigenvalue weighted by Gasteiger charge is 2.13. The zero-order valence-corrected chi connectivity index (χ0v) is 14.8. The molecule has 0 saturated heterocycles. The van der Waals surface area contributed by atoms with E-state index in [1.54, 1.807) is 32.0 Å². The lowest BCUT2D eigenvalue weighted by Gasteiger charge is -2.11. The Morgan fingerprint density at radius 3 is 2.80 bits per heavy atom. The number of hydrazone groups is 1. The first-order valence-corrected chi connectivity index (χ1v) is 7.68. The van der Waals surface area contributed by atoms with Gasteiger partial charge in [-0.05, 0) is 37.6 Å². The van der Waals surface area contributed by atoms with Gasteiger partial charge in [-0.1, -0.05) is 17.5 Å². The predicted octanol–water partition coefficient (Wildman–Crippen LogP) is 3.33. The van der Waals surface area contributed by atoms with Crippen LogP contribution in [0, 0.1) is 26.2 Å². The van der Waals surface area contributed by atoms with Crippen molar-refractivity contribution >= 4 is 23.7 Å². The molecule has 0 aliphatic carbocycles. The van der Waals surface area contributed by atoms with Gasteiger partial charge in [0.05, 0.1) is 23.9 Å². The highest BCUT2D eigenvalue weighted by atomic mass is 35.5. The molecule has 130 valence electrons. The molecular weight excluding hydrogens is 344 g/mol. The number of amides is 1. The molecule has 25 heavy (non-hydrogen) atoms. The molecule has 0 spiro atoms. The van der Waals surface area contributed by atoms with Crippen molar-refractivity contribution in [2.45, 2.75) is 13.8 Å². The Bertz CT molecular complexity index is 849. The number of hydrogen-bond donors (Lipinski definition) is 1. The molecule has 0 atom stereocenters. The molecule has 2 rings (SSSR count). The lowest BCUT2D eigenvalue weighted by atomic mass is 10.2. The monoisotopic (exact) mass is 360 g/mol. The zero-order chi connectivity index (χ0) is 18.4. The van der Waals surface area contributed by atoms with Gasteiger partial charge in [-0.15, -0.1) is 6.42 Å². The van der Waals surface area contributed by atoms with Crippen LogP contribution in [0.2, 0.25) is 5.02 Å². The molecule has 1 amide bonds. The van der Waals surface area contributed by atoms with Gasteiger partial charge in [0.25, 0.3) is 5.91 Å². The number of nitrogens with zero attached hydrogens (tertiary/aromatic N) is 1. The number of terminal acetylenes is 1. The predicted molar refractivity (Wildman–Crippen MR) is 95.6 cm³/mol. The minimum absolute atomic E-state index is 0.0725. The number of carbonyl (C=O) groups excluding carboxylic acids is 1. The average molecular weight is 361 g/mol. The van der Waals surface area contributed by atoms with Crippen LogP contribution in [0.5, 0.6) is 11.5 Å². The van der Waals surface area contributed by atoms with E-state index in [0.29, 0.717) is 39.2 Å². The first-order valence-electron chi connectivity index (χ1n) is 7.30. The normalized spacial score (nSPS) is 10.5. The standard InChI is InChI=1S/C18H17ClN2O4/c1-5-6-24-17-15(19)8-13(9-16(17)23-4)10-20-21-18(22)14-7-11(2)25-12(14)3/h1,7-10H,6H2,2-4H3,(H,21,22)/b20-10-. The summed E-state index contributed by atoms with van der Waals surface area (Å²) in [6.45, 7) is 3.55. The second-order valence-corrected chi connectivity index (χ2v) is 5.46. The fraction of sp³-hybridized carbons (Fsp3) is 0.222. The van der Waals surface area contributed by atoms with Gasteiger partial charge in [-0.3, -0.25) is 4.79 Å². The molecule has 1 N–H and O–H groups in total. The van der Waals surface area contributed by atoms with Crippen LogP contribution in [0.15, 0.2) is 27.7 Å². The number of nitrogens with one attached hydrogen (secondary N) is 1. The molecule has 1 heterocycles. The topological polar surface area (TPSA) is 73.1 Å². The van der Waals surface area contributed by atoms with Crippen molar-refractivity contribution in [3.8, 4) is 23.8 Å². The molecular formula is C18H17ClN2O4. The number of aryl methyl sites for hydroxylation is 2. The van der Waals surface area contributed by atoms with Crippen LogP contribution < -0.4 is 14.9 Å². The van der Waals surface area contributed by atoms with Crippen molar-refractivity contribution in [2.24, 2.45) is 5.10 Å². The smallest absolute Gasteiger partial charge is 0.274 e. The summed E-state index contributed by atoms with van der Waals surface area (Å²) in [7, 11) is 1.49. The Kier molecular flexibility index (Phi) is 6.09. The highest BCUT2D eigenvalue weighted by Crippen LogP contribution is 2.35. The number of furan rings is 1. The van der Waals surface area contributed by atoms with E-state index in [0.717, 1.165) is 0 Å². The second kappa shape index (κ2) is 8.27. The minimum atomic E-state index is -0.363. The van der Waals surface area contributed by atoms with Gasteiger partial charge in [0, 0.05) is 0 Å². The van der Waals surface area contributed by atoms with Crippen molar-refractivity contribution in [3.05, 3.63) is 45.9 Å². The Hall–Kier alpha value is -2.91. The Labute approximate surface area is 150 Å². The van der Waals surface area contributed by atoms with E-state index in [2.05, 4.69) is 16.4 Å². The first kappa shape index (κ1) is 18.4. The minimum Gasteiger partial charge on any atom is -0.493 e. The number of ether oxygens (including phenoxy) is 2. The van der Waals surface area contributed by atoms with E-state index in [4.69, 9.17) is 31.9 Å². The van der Waals surface area contributed by atoms with Crippen LogP contribution in [0.4, 0.5) is 0 Å². The van der Waals surface area contributed by atoms with E-state index in [1.807, 2.05) is 0 Å². The van der Waals surface area contributed by atoms with E-state index in [9.17, 15) is 4.79 Å². The van der Waals surface area contributed by atoms with Crippen molar-refractivity contribution in [2.75, 3.05) is 13.7 Å². The van der Waals surface area contributed by atoms with Crippen molar-refractivity contribution < 1.29 is 18.7 Å². The molecule has 6 nitrogen and oxygen atoms in total. The Balaban J connectivity index is 2.13. The molecule has 2 aromatic rings. The third-order valence-corrected chi connectivity index (χ3v) is 3.50. The quantitative estimate of drug-likeness (QED) is 0.487. The molecule has 0 bridgehead atoms.